The van der Waals surface area contributed by atoms with Gasteiger partial charge in [-0.2, -0.15) is 0 Å². The highest BCUT2D eigenvalue weighted by atomic mass is 16.1. The fourth-order valence-corrected chi connectivity index (χ4v) is 4.28. The molecule has 0 unspecified atom stereocenters. The van der Waals surface area contributed by atoms with Gasteiger partial charge in [0.15, 0.2) is 0 Å². The Morgan fingerprint density at radius 3 is 2.74 bits per heavy atom. The third-order valence-corrected chi connectivity index (χ3v) is 6.24. The lowest BCUT2D eigenvalue weighted by atomic mass is 10.0. The van der Waals surface area contributed by atoms with Gasteiger partial charge in [-0.25, -0.2) is 4.98 Å². The molecule has 0 spiro atoms. The summed E-state index contributed by atoms with van der Waals surface area (Å²) < 4.78 is 0. The number of carbonyl (C=O) groups is 1. The van der Waals surface area contributed by atoms with E-state index in [2.05, 4.69) is 61.6 Å². The molecule has 2 aliphatic heterocycles. The number of pyridine rings is 1. The minimum absolute atomic E-state index is 0.0169. The number of nitrogens with zero attached hydrogens (tertiary/aromatic N) is 4. The molecular weight excluding hydrogens is 388 g/mol. The molecule has 7 nitrogen and oxygen atoms in total. The Labute approximate surface area is 185 Å². The van der Waals surface area contributed by atoms with E-state index in [-0.39, 0.29) is 11.9 Å². The van der Waals surface area contributed by atoms with Crippen LogP contribution in [0.5, 0.6) is 0 Å². The molecule has 166 valence electrons. The molecule has 0 saturated carbocycles. The third kappa shape index (κ3) is 6.03. The molecule has 0 bridgehead atoms. The van der Waals surface area contributed by atoms with Gasteiger partial charge in [0, 0.05) is 70.2 Å². The zero-order valence-corrected chi connectivity index (χ0v) is 18.5. The van der Waals surface area contributed by atoms with E-state index in [1.54, 1.807) is 12.3 Å². The van der Waals surface area contributed by atoms with Gasteiger partial charge >= 0.3 is 0 Å². The molecule has 1 atom stereocenters. The van der Waals surface area contributed by atoms with Crippen molar-refractivity contribution in [3.05, 3.63) is 59.8 Å². The molecule has 31 heavy (non-hydrogen) atoms. The first-order valence-corrected chi connectivity index (χ1v) is 11.4. The van der Waals surface area contributed by atoms with Crippen LogP contribution >= 0.6 is 0 Å². The molecule has 1 aromatic heterocycles. The second-order valence-electron chi connectivity index (χ2n) is 8.52. The Balaban J connectivity index is 1.28. The lowest BCUT2D eigenvalue weighted by Crippen LogP contribution is -2.46. The van der Waals surface area contributed by atoms with Crippen LogP contribution in [0, 0.1) is 0 Å². The molecular formula is C24H34N6O. The number of anilines is 1. The average Bonchev–Trinajstić information content (AvgIpc) is 2.83. The predicted molar refractivity (Wildman–Crippen MR) is 125 cm³/mol. The zero-order valence-electron chi connectivity index (χ0n) is 18.5. The fraction of sp³-hybridized carbons (Fsp3) is 0.500. The lowest BCUT2D eigenvalue weighted by Gasteiger charge is -2.35. The highest BCUT2D eigenvalue weighted by molar-refractivity contribution is 5.94. The normalized spacial score (nSPS) is 20.5. The number of hydrogen-bond acceptors (Lipinski definition) is 6. The van der Waals surface area contributed by atoms with Crippen molar-refractivity contribution in [3.8, 4) is 0 Å². The van der Waals surface area contributed by atoms with E-state index in [4.69, 9.17) is 0 Å². The van der Waals surface area contributed by atoms with Crippen molar-refractivity contribution in [2.24, 2.45) is 0 Å². The van der Waals surface area contributed by atoms with Gasteiger partial charge in [-0.1, -0.05) is 30.3 Å². The van der Waals surface area contributed by atoms with Crippen LogP contribution < -0.4 is 15.5 Å². The number of likely N-dealkylation sites (N-methyl/N-ethyl adjacent to an activating group) is 1. The van der Waals surface area contributed by atoms with Crippen LogP contribution in [0.25, 0.3) is 0 Å². The minimum atomic E-state index is -0.0169. The number of piperazine rings is 2. The molecule has 1 aromatic carbocycles. The number of amides is 1. The van der Waals surface area contributed by atoms with Crippen molar-refractivity contribution >= 4 is 11.7 Å². The maximum Gasteiger partial charge on any atom is 0.251 e. The number of aromatic nitrogens is 1. The van der Waals surface area contributed by atoms with Crippen LogP contribution in [0.2, 0.25) is 0 Å². The van der Waals surface area contributed by atoms with Gasteiger partial charge in [0.25, 0.3) is 5.91 Å². The van der Waals surface area contributed by atoms with Crippen LogP contribution in [-0.4, -0.2) is 86.6 Å². The summed E-state index contributed by atoms with van der Waals surface area (Å²) in [6.07, 6.45) is 2.72. The van der Waals surface area contributed by atoms with Gasteiger partial charge < -0.3 is 25.3 Å². The van der Waals surface area contributed by atoms with Gasteiger partial charge in [0.05, 0.1) is 0 Å². The predicted octanol–water partition coefficient (Wildman–Crippen LogP) is 1.60. The Morgan fingerprint density at radius 1 is 1.13 bits per heavy atom. The van der Waals surface area contributed by atoms with Crippen LogP contribution in [0.15, 0.2) is 48.7 Å². The molecule has 0 aliphatic carbocycles. The fourth-order valence-electron chi connectivity index (χ4n) is 4.28. The largest absolute Gasteiger partial charge is 0.353 e. The SMILES string of the molecule is CN1CCN(CCCNC(=O)c2ccnc(N3CCN[C@@H](c4ccccc4)C3)c2)CC1. The van der Waals surface area contributed by atoms with E-state index in [1.165, 1.54) is 5.56 Å². The first-order valence-electron chi connectivity index (χ1n) is 11.4. The van der Waals surface area contributed by atoms with Crippen LogP contribution in [0.1, 0.15) is 28.4 Å². The van der Waals surface area contributed by atoms with Gasteiger partial charge in [-0.15, -0.1) is 0 Å². The highest BCUT2D eigenvalue weighted by Crippen LogP contribution is 2.21. The molecule has 1 amide bonds. The second kappa shape index (κ2) is 10.7. The Kier molecular flexibility index (Phi) is 7.51. The topological polar surface area (TPSA) is 63.7 Å². The maximum atomic E-state index is 12.7. The van der Waals surface area contributed by atoms with E-state index >= 15 is 0 Å². The standard InChI is InChI=1S/C24H34N6O/c1-28-14-16-29(17-15-28)12-5-9-27-24(31)21-8-10-26-23(18-21)30-13-11-25-22(19-30)20-6-3-2-4-7-20/h2-4,6-8,10,18,22,25H,5,9,11-17,19H2,1H3,(H,27,31)/t22-/m1/s1. The zero-order chi connectivity index (χ0) is 21.5. The van der Waals surface area contributed by atoms with E-state index in [0.29, 0.717) is 12.1 Å². The molecule has 2 aliphatic rings. The summed E-state index contributed by atoms with van der Waals surface area (Å²) in [6, 6.07) is 14.5. The average molecular weight is 423 g/mol. The van der Waals surface area contributed by atoms with E-state index in [9.17, 15) is 4.79 Å². The molecule has 7 heteroatoms. The van der Waals surface area contributed by atoms with E-state index in [0.717, 1.165) is 64.6 Å². The van der Waals surface area contributed by atoms with Crippen LogP contribution in [0.3, 0.4) is 0 Å². The van der Waals surface area contributed by atoms with Gasteiger partial charge in [-0.05, 0) is 37.7 Å². The summed E-state index contributed by atoms with van der Waals surface area (Å²) in [6.45, 7) is 8.85. The minimum Gasteiger partial charge on any atom is -0.353 e. The summed E-state index contributed by atoms with van der Waals surface area (Å²) in [5, 5.41) is 6.66. The molecule has 3 heterocycles. The van der Waals surface area contributed by atoms with E-state index < -0.39 is 0 Å². The summed E-state index contributed by atoms with van der Waals surface area (Å²) in [4.78, 5) is 24.3. The molecule has 4 rings (SSSR count). The van der Waals surface area contributed by atoms with Crippen LogP contribution in [-0.2, 0) is 0 Å². The smallest absolute Gasteiger partial charge is 0.251 e. The van der Waals surface area contributed by atoms with Gasteiger partial charge in [0.2, 0.25) is 0 Å². The van der Waals surface area contributed by atoms with E-state index in [1.807, 2.05) is 12.1 Å². The number of nitrogens with one attached hydrogen (secondary N) is 2. The Bertz CT molecular complexity index is 837. The molecule has 2 fully saturated rings. The first kappa shape index (κ1) is 21.7. The second-order valence-corrected chi connectivity index (χ2v) is 8.52. The number of hydrogen-bond donors (Lipinski definition) is 2. The van der Waals surface area contributed by atoms with Crippen molar-refractivity contribution in [2.45, 2.75) is 12.5 Å². The van der Waals surface area contributed by atoms with Crippen molar-refractivity contribution in [1.29, 1.82) is 0 Å². The number of rotatable bonds is 7. The Morgan fingerprint density at radius 2 is 1.94 bits per heavy atom. The van der Waals surface area contributed by atoms with Crippen LogP contribution in [0.4, 0.5) is 5.82 Å². The first-order chi connectivity index (χ1) is 15.2. The quantitative estimate of drug-likeness (QED) is 0.661. The monoisotopic (exact) mass is 422 g/mol. The maximum absolute atomic E-state index is 12.7. The lowest BCUT2D eigenvalue weighted by molar-refractivity contribution is 0.0949. The van der Waals surface area contributed by atoms with Crippen molar-refractivity contribution in [3.63, 3.8) is 0 Å². The van der Waals surface area contributed by atoms with Crippen molar-refractivity contribution in [2.75, 3.05) is 70.9 Å². The summed E-state index contributed by atoms with van der Waals surface area (Å²) in [5.74, 6) is 0.851. The Hall–Kier alpha value is -2.48. The molecule has 2 N–H and O–H groups in total. The highest BCUT2D eigenvalue weighted by Gasteiger charge is 2.22. The number of carbonyl (C=O) groups excluding carboxylic acids is 1. The summed E-state index contributed by atoms with van der Waals surface area (Å²) in [5.41, 5.74) is 1.96. The molecule has 2 saturated heterocycles. The molecule has 0 radical (unpaired) electrons. The number of benzene rings is 1. The summed E-state index contributed by atoms with van der Waals surface area (Å²) >= 11 is 0. The van der Waals surface area contributed by atoms with Crippen molar-refractivity contribution < 1.29 is 4.79 Å². The van der Waals surface area contributed by atoms with Crippen molar-refractivity contribution in [1.82, 2.24) is 25.4 Å². The summed E-state index contributed by atoms with van der Waals surface area (Å²) in [7, 11) is 2.17. The third-order valence-electron chi connectivity index (χ3n) is 6.24. The van der Waals surface area contributed by atoms with Gasteiger partial charge in [0.1, 0.15) is 5.82 Å². The van der Waals surface area contributed by atoms with Gasteiger partial charge in [-0.3, -0.25) is 4.79 Å². The molecule has 2 aromatic rings.